The van der Waals surface area contributed by atoms with Gasteiger partial charge in [0.05, 0.1) is 18.1 Å². The number of carbonyl (C=O) groups excluding carboxylic acids is 1. The molecule has 2 N–H and O–H groups in total. The zero-order valence-corrected chi connectivity index (χ0v) is 24.1. The predicted molar refractivity (Wildman–Crippen MR) is 138 cm³/mol. The van der Waals surface area contributed by atoms with Gasteiger partial charge in [-0.2, -0.15) is 0 Å². The van der Waals surface area contributed by atoms with Crippen LogP contribution in [-0.4, -0.2) is 45.5 Å². The summed E-state index contributed by atoms with van der Waals surface area (Å²) in [5, 5.41) is 21.4. The van der Waals surface area contributed by atoms with E-state index in [0.29, 0.717) is 11.8 Å². The molecule has 5 heteroatoms. The molecule has 5 aliphatic rings. The molecule has 0 aromatic heterocycles. The lowest BCUT2D eigenvalue weighted by Crippen LogP contribution is -2.66. The number of hydrogen-bond donors (Lipinski definition) is 2. The molecule has 0 aromatic rings. The van der Waals surface area contributed by atoms with Crippen LogP contribution < -0.4 is 0 Å². The maximum absolute atomic E-state index is 13.3. The summed E-state index contributed by atoms with van der Waals surface area (Å²) in [6, 6.07) is 0. The smallest absolute Gasteiger partial charge is 0.484 e. The minimum absolute atomic E-state index is 0.0196. The van der Waals surface area contributed by atoms with E-state index in [1.54, 1.807) is 5.57 Å². The average Bonchev–Trinajstić information content (AvgIpc) is 2.81. The van der Waals surface area contributed by atoms with Crippen LogP contribution in [0, 0.1) is 50.2 Å². The van der Waals surface area contributed by atoms with Crippen LogP contribution in [0.3, 0.4) is 0 Å². The van der Waals surface area contributed by atoms with E-state index in [1.165, 1.54) is 0 Å². The fraction of sp³-hybridized carbons (Fsp3) is 0.900. The minimum Gasteiger partial charge on any atom is -0.628 e. The molecule has 0 aliphatic heterocycles. The molecule has 4 saturated carbocycles. The van der Waals surface area contributed by atoms with E-state index in [1.807, 2.05) is 0 Å². The minimum atomic E-state index is -0.420. The largest absolute Gasteiger partial charge is 0.628 e. The summed E-state index contributed by atoms with van der Waals surface area (Å²) < 4.78 is 5.40. The lowest BCUT2D eigenvalue weighted by atomic mass is 9.33. The third kappa shape index (κ3) is 3.27. The highest BCUT2D eigenvalue weighted by atomic mass is 27.1. The Morgan fingerprint density at radius 1 is 1.00 bits per heavy atom. The second kappa shape index (κ2) is 8.08. The summed E-state index contributed by atoms with van der Waals surface area (Å²) >= 11 is 2.24. The second-order valence-electron chi connectivity index (χ2n) is 15.0. The molecule has 4 nitrogen and oxygen atoms in total. The molecule has 5 aliphatic carbocycles. The Morgan fingerprint density at radius 3 is 2.34 bits per heavy atom. The van der Waals surface area contributed by atoms with E-state index < -0.39 is 11.5 Å². The van der Waals surface area contributed by atoms with Crippen molar-refractivity contribution in [2.45, 2.75) is 112 Å². The standard InChI is InChI=1S/C30H48O4.Al/c1-25(2)13-15-30(24(33)34)16-14-28(5)19(20(30)17-25)7-8-22-26(3)11-10-23(32)27(4,18-31)21(26)9-12-29(22,28)6;/h7,20-23,31-32H,8-18H2,1-6H3,(H,33,34);/q;+1/p-1. The van der Waals surface area contributed by atoms with Gasteiger partial charge in [-0.15, -0.1) is 0 Å². The second-order valence-corrected chi connectivity index (χ2v) is 15.2. The summed E-state index contributed by atoms with van der Waals surface area (Å²) in [7, 11) is 0. The summed E-state index contributed by atoms with van der Waals surface area (Å²) in [6.07, 6.45) is 12.2. The highest BCUT2D eigenvalue weighted by Gasteiger charge is 2.69. The van der Waals surface area contributed by atoms with E-state index in [2.05, 4.69) is 64.2 Å². The molecule has 0 saturated heterocycles. The van der Waals surface area contributed by atoms with Crippen LogP contribution in [0.25, 0.3) is 0 Å². The maximum Gasteiger partial charge on any atom is 0.484 e. The van der Waals surface area contributed by atoms with Crippen LogP contribution in [0.2, 0.25) is 0 Å². The molecule has 5 rings (SSSR count). The summed E-state index contributed by atoms with van der Waals surface area (Å²) in [5.41, 5.74) is 1.31. The Balaban J connectivity index is 1.59. The predicted octanol–water partition coefficient (Wildman–Crippen LogP) is 5.75. The first-order valence-corrected chi connectivity index (χ1v) is 14.6. The number of fused-ring (bicyclic) bond motifs is 7. The van der Waals surface area contributed by atoms with E-state index in [9.17, 15) is 15.0 Å². The Kier molecular flexibility index (Phi) is 6.07. The quantitative estimate of drug-likeness (QED) is 0.376. The van der Waals surface area contributed by atoms with E-state index in [-0.39, 0.29) is 45.6 Å². The summed E-state index contributed by atoms with van der Waals surface area (Å²) in [4.78, 5) is 13.3. The van der Waals surface area contributed by atoms with E-state index in [0.717, 1.165) is 64.2 Å². The van der Waals surface area contributed by atoms with Crippen LogP contribution in [0.1, 0.15) is 106 Å². The molecule has 0 bridgehead atoms. The Hall–Kier alpha value is -0.338. The van der Waals surface area contributed by atoms with Crippen molar-refractivity contribution in [3.8, 4) is 0 Å². The third-order valence-electron chi connectivity index (χ3n) is 13.3. The van der Waals surface area contributed by atoms with Crippen molar-refractivity contribution in [2.24, 2.45) is 50.2 Å². The van der Waals surface area contributed by atoms with Crippen molar-refractivity contribution >= 4 is 22.6 Å². The number of carbonyl (C=O) groups is 1. The van der Waals surface area contributed by atoms with Crippen LogP contribution in [0.15, 0.2) is 11.6 Å². The first-order valence-electron chi connectivity index (χ1n) is 14.1. The van der Waals surface area contributed by atoms with Crippen LogP contribution in [-0.2, 0) is 8.58 Å². The van der Waals surface area contributed by atoms with Gasteiger partial charge in [0, 0.05) is 5.41 Å². The Morgan fingerprint density at radius 2 is 1.69 bits per heavy atom. The fourth-order valence-electron chi connectivity index (χ4n) is 10.8. The first kappa shape index (κ1) is 26.3. The molecule has 0 amide bonds. The zero-order chi connectivity index (χ0) is 25.7. The van der Waals surface area contributed by atoms with Gasteiger partial charge in [-0.1, -0.05) is 53.2 Å². The molecular weight excluding hydrogens is 451 g/mol. The van der Waals surface area contributed by atoms with Gasteiger partial charge in [0.25, 0.3) is 5.97 Å². The highest BCUT2D eigenvalue weighted by molar-refractivity contribution is 6.06. The molecule has 35 heavy (non-hydrogen) atoms. The molecule has 9 atom stereocenters. The summed E-state index contributed by atoms with van der Waals surface area (Å²) in [5.74, 6) is 1.11. The molecule has 4 fully saturated rings. The summed E-state index contributed by atoms with van der Waals surface area (Å²) in [6.45, 7) is 14.5. The highest BCUT2D eigenvalue weighted by Crippen LogP contribution is 2.75. The zero-order valence-electron chi connectivity index (χ0n) is 23.0. The van der Waals surface area contributed by atoms with Crippen molar-refractivity contribution in [1.29, 1.82) is 0 Å². The van der Waals surface area contributed by atoms with Crippen molar-refractivity contribution < 1.29 is 18.8 Å². The monoisotopic (exact) mass is 498 g/mol. The Labute approximate surface area is 221 Å². The SMILES string of the molecule is CC1(C)CCC2(C(=O)[O][Al])CCC3(C)C(=CCC4C5(C)CCC(O)C(C)(CO)C5CCC43C)C2C1. The van der Waals surface area contributed by atoms with Gasteiger partial charge in [0.2, 0.25) is 0 Å². The van der Waals surface area contributed by atoms with Crippen LogP contribution >= 0.6 is 0 Å². The van der Waals surface area contributed by atoms with Crippen molar-refractivity contribution in [3.63, 3.8) is 0 Å². The van der Waals surface area contributed by atoms with E-state index in [4.69, 9.17) is 3.79 Å². The van der Waals surface area contributed by atoms with Crippen LogP contribution in [0.5, 0.6) is 0 Å². The van der Waals surface area contributed by atoms with Crippen LogP contribution in [0.4, 0.5) is 0 Å². The number of aliphatic hydroxyl groups is 2. The van der Waals surface area contributed by atoms with Gasteiger partial charge in [0.1, 0.15) is 0 Å². The molecule has 2 radical (unpaired) electrons. The number of hydrogen-bond acceptors (Lipinski definition) is 4. The van der Waals surface area contributed by atoms with Gasteiger partial charge < -0.3 is 14.0 Å². The maximum atomic E-state index is 13.3. The average molecular weight is 499 g/mol. The van der Waals surface area contributed by atoms with E-state index >= 15 is 0 Å². The van der Waals surface area contributed by atoms with Crippen molar-refractivity contribution in [2.75, 3.05) is 6.61 Å². The van der Waals surface area contributed by atoms with Gasteiger partial charge in [-0.3, -0.25) is 4.79 Å². The van der Waals surface area contributed by atoms with Gasteiger partial charge in [0.15, 0.2) is 0 Å². The normalized spacial score (nSPS) is 52.7. The number of rotatable bonds is 2. The Bertz CT molecular complexity index is 929. The van der Waals surface area contributed by atoms with Gasteiger partial charge >= 0.3 is 16.6 Å². The molecule has 0 spiro atoms. The van der Waals surface area contributed by atoms with Gasteiger partial charge in [-0.05, 0) is 104 Å². The lowest BCUT2D eigenvalue weighted by Gasteiger charge is -2.71. The molecule has 0 heterocycles. The first-order chi connectivity index (χ1) is 16.2. The fourth-order valence-corrected chi connectivity index (χ4v) is 11.0. The molecule has 194 valence electrons. The van der Waals surface area contributed by atoms with Crippen molar-refractivity contribution in [1.82, 2.24) is 0 Å². The molecular formula is C30H47AlO4. The third-order valence-corrected chi connectivity index (χ3v) is 13.5. The number of allylic oxidation sites excluding steroid dienone is 2. The van der Waals surface area contributed by atoms with Gasteiger partial charge in [-0.25, -0.2) is 0 Å². The number of aliphatic hydroxyl groups excluding tert-OH is 2. The topological polar surface area (TPSA) is 66.8 Å². The molecule has 9 unspecified atom stereocenters. The van der Waals surface area contributed by atoms with Crippen molar-refractivity contribution in [3.05, 3.63) is 11.6 Å². The molecule has 0 aromatic carbocycles. The lowest BCUT2D eigenvalue weighted by molar-refractivity contribution is -0.216.